The van der Waals surface area contributed by atoms with Gasteiger partial charge in [0.05, 0.1) is 17.6 Å². The third-order valence-corrected chi connectivity index (χ3v) is 2.41. The van der Waals surface area contributed by atoms with E-state index in [9.17, 15) is 4.79 Å². The summed E-state index contributed by atoms with van der Waals surface area (Å²) in [6.07, 6.45) is 1.49. The highest BCUT2D eigenvalue weighted by Gasteiger charge is 2.10. The second-order valence-electron chi connectivity index (χ2n) is 3.83. The van der Waals surface area contributed by atoms with Gasteiger partial charge in [-0.25, -0.2) is 4.98 Å². The minimum absolute atomic E-state index is 0.290. The Labute approximate surface area is 104 Å². The molecule has 0 saturated carbocycles. The number of aromatic nitrogens is 3. The van der Waals surface area contributed by atoms with E-state index in [2.05, 4.69) is 20.8 Å². The molecule has 2 heterocycles. The van der Waals surface area contributed by atoms with Gasteiger partial charge >= 0.3 is 0 Å². The number of carbonyl (C=O) groups is 1. The van der Waals surface area contributed by atoms with E-state index in [1.54, 1.807) is 29.9 Å². The Kier molecular flexibility index (Phi) is 3.24. The van der Waals surface area contributed by atoms with Crippen LogP contribution in [0.5, 0.6) is 0 Å². The molecule has 0 fully saturated rings. The summed E-state index contributed by atoms with van der Waals surface area (Å²) in [6.45, 7) is 1.86. The van der Waals surface area contributed by atoms with Gasteiger partial charge in [-0.05, 0) is 19.1 Å². The fraction of sp³-hybridized carbons (Fsp3) is 0.182. The molecule has 0 atom stereocenters. The highest BCUT2D eigenvalue weighted by Crippen LogP contribution is 2.10. The van der Waals surface area contributed by atoms with Gasteiger partial charge < -0.3 is 10.7 Å². The van der Waals surface area contributed by atoms with Gasteiger partial charge in [0.1, 0.15) is 11.5 Å². The van der Waals surface area contributed by atoms with Crippen molar-refractivity contribution in [1.82, 2.24) is 14.8 Å². The number of aryl methyl sites for hydroxylation is 2. The van der Waals surface area contributed by atoms with Crippen molar-refractivity contribution in [2.75, 3.05) is 10.7 Å². The number of amides is 1. The van der Waals surface area contributed by atoms with Crippen LogP contribution >= 0.6 is 0 Å². The molecule has 0 saturated heterocycles. The zero-order chi connectivity index (χ0) is 13.1. The Morgan fingerprint density at radius 2 is 2.22 bits per heavy atom. The van der Waals surface area contributed by atoms with E-state index < -0.39 is 0 Å². The van der Waals surface area contributed by atoms with Crippen molar-refractivity contribution in [3.8, 4) is 0 Å². The monoisotopic (exact) mass is 246 g/mol. The lowest BCUT2D eigenvalue weighted by Crippen LogP contribution is -2.16. The Morgan fingerprint density at radius 1 is 1.44 bits per heavy atom. The van der Waals surface area contributed by atoms with Crippen LogP contribution in [0.1, 0.15) is 16.2 Å². The minimum atomic E-state index is -0.290. The number of nitrogens with one attached hydrogen (secondary N) is 2. The van der Waals surface area contributed by atoms with Crippen LogP contribution in [-0.4, -0.2) is 20.7 Å². The van der Waals surface area contributed by atoms with Crippen LogP contribution in [0.25, 0.3) is 0 Å². The lowest BCUT2D eigenvalue weighted by atomic mass is 10.3. The number of nitrogens with zero attached hydrogens (tertiary/aromatic N) is 3. The number of nitrogen functional groups attached to an aromatic ring is 1. The molecule has 0 unspecified atom stereocenters. The molecule has 94 valence electrons. The maximum Gasteiger partial charge on any atom is 0.275 e. The maximum atomic E-state index is 11.9. The third kappa shape index (κ3) is 2.46. The molecule has 0 radical (unpaired) electrons. The van der Waals surface area contributed by atoms with Gasteiger partial charge in [-0.1, -0.05) is 0 Å². The standard InChI is InChI=1S/C11H14N6O/c1-7-5-10(17(2)16-7)14-11(18)9-4-3-8(15-12)6-13-9/h3-6,15H,12H2,1-2H3,(H,14,18). The molecule has 4 N–H and O–H groups in total. The molecule has 2 rings (SSSR count). The summed E-state index contributed by atoms with van der Waals surface area (Å²) in [5.74, 6) is 5.56. The van der Waals surface area contributed by atoms with Crippen LogP contribution in [0, 0.1) is 6.92 Å². The van der Waals surface area contributed by atoms with Gasteiger partial charge in [-0.2, -0.15) is 5.10 Å². The van der Waals surface area contributed by atoms with E-state index >= 15 is 0 Å². The fourth-order valence-electron chi connectivity index (χ4n) is 1.52. The second-order valence-corrected chi connectivity index (χ2v) is 3.83. The SMILES string of the molecule is Cc1cc(NC(=O)c2ccc(NN)cn2)n(C)n1. The summed E-state index contributed by atoms with van der Waals surface area (Å²) < 4.78 is 1.60. The molecule has 1 amide bonds. The smallest absolute Gasteiger partial charge is 0.275 e. The first-order valence-electron chi connectivity index (χ1n) is 5.35. The van der Waals surface area contributed by atoms with Crippen molar-refractivity contribution in [2.24, 2.45) is 12.9 Å². The molecule has 0 aromatic carbocycles. The molecule has 2 aromatic rings. The zero-order valence-electron chi connectivity index (χ0n) is 10.1. The third-order valence-electron chi connectivity index (χ3n) is 2.41. The zero-order valence-corrected chi connectivity index (χ0v) is 10.1. The molecule has 7 heteroatoms. The Balaban J connectivity index is 2.14. The molecule has 0 aliphatic rings. The average molecular weight is 246 g/mol. The molecule has 0 aliphatic carbocycles. The van der Waals surface area contributed by atoms with Gasteiger partial charge in [0.25, 0.3) is 5.91 Å². The van der Waals surface area contributed by atoms with Gasteiger partial charge in [0.15, 0.2) is 0 Å². The number of hydrogen-bond acceptors (Lipinski definition) is 5. The van der Waals surface area contributed by atoms with E-state index in [0.717, 1.165) is 5.69 Å². The van der Waals surface area contributed by atoms with Gasteiger partial charge in [-0.3, -0.25) is 15.3 Å². The molecule has 18 heavy (non-hydrogen) atoms. The number of carbonyl (C=O) groups excluding carboxylic acids is 1. The molecule has 0 bridgehead atoms. The lowest BCUT2D eigenvalue weighted by Gasteiger charge is -2.05. The maximum absolute atomic E-state index is 11.9. The van der Waals surface area contributed by atoms with Crippen LogP contribution in [-0.2, 0) is 7.05 Å². The molecule has 7 nitrogen and oxygen atoms in total. The summed E-state index contributed by atoms with van der Waals surface area (Å²) in [6, 6.07) is 5.05. The first-order chi connectivity index (χ1) is 8.60. The van der Waals surface area contributed by atoms with E-state index in [0.29, 0.717) is 17.2 Å². The Morgan fingerprint density at radius 3 is 2.72 bits per heavy atom. The van der Waals surface area contributed by atoms with Crippen molar-refractivity contribution in [2.45, 2.75) is 6.92 Å². The topological polar surface area (TPSA) is 97.9 Å². The summed E-state index contributed by atoms with van der Waals surface area (Å²) in [4.78, 5) is 15.9. The molecule has 0 spiro atoms. The Hall–Kier alpha value is -2.41. The number of nitrogens with two attached hydrogens (primary N) is 1. The predicted molar refractivity (Wildman–Crippen MR) is 67.9 cm³/mol. The van der Waals surface area contributed by atoms with Crippen LogP contribution in [0.2, 0.25) is 0 Å². The number of hydrogen-bond donors (Lipinski definition) is 3. The van der Waals surface area contributed by atoms with Crippen LogP contribution in [0.15, 0.2) is 24.4 Å². The molecular weight excluding hydrogens is 232 g/mol. The quantitative estimate of drug-likeness (QED) is 0.546. The van der Waals surface area contributed by atoms with E-state index in [1.165, 1.54) is 6.20 Å². The highest BCUT2D eigenvalue weighted by atomic mass is 16.2. The fourth-order valence-corrected chi connectivity index (χ4v) is 1.52. The lowest BCUT2D eigenvalue weighted by molar-refractivity contribution is 0.102. The number of anilines is 2. The first-order valence-corrected chi connectivity index (χ1v) is 5.35. The van der Waals surface area contributed by atoms with Gasteiger partial charge in [0.2, 0.25) is 0 Å². The van der Waals surface area contributed by atoms with Crippen LogP contribution in [0.3, 0.4) is 0 Å². The highest BCUT2D eigenvalue weighted by molar-refractivity contribution is 6.02. The van der Waals surface area contributed by atoms with Gasteiger partial charge in [0, 0.05) is 13.1 Å². The largest absolute Gasteiger partial charge is 0.323 e. The molecular formula is C11H14N6O. The van der Waals surface area contributed by atoms with Crippen LogP contribution in [0.4, 0.5) is 11.5 Å². The minimum Gasteiger partial charge on any atom is -0.323 e. The molecule has 2 aromatic heterocycles. The Bertz CT molecular complexity index is 559. The van der Waals surface area contributed by atoms with Crippen molar-refractivity contribution >= 4 is 17.4 Å². The number of pyridine rings is 1. The number of hydrazine groups is 1. The van der Waals surface area contributed by atoms with Crippen molar-refractivity contribution in [3.63, 3.8) is 0 Å². The van der Waals surface area contributed by atoms with Crippen molar-refractivity contribution in [3.05, 3.63) is 35.8 Å². The van der Waals surface area contributed by atoms with Gasteiger partial charge in [-0.15, -0.1) is 0 Å². The first kappa shape index (κ1) is 12.1. The van der Waals surface area contributed by atoms with E-state index in [4.69, 9.17) is 5.84 Å². The van der Waals surface area contributed by atoms with E-state index in [-0.39, 0.29) is 5.91 Å². The molecule has 0 aliphatic heterocycles. The van der Waals surface area contributed by atoms with Crippen molar-refractivity contribution in [1.29, 1.82) is 0 Å². The van der Waals surface area contributed by atoms with Crippen molar-refractivity contribution < 1.29 is 4.79 Å². The van der Waals surface area contributed by atoms with E-state index in [1.807, 2.05) is 6.92 Å². The average Bonchev–Trinajstić information content (AvgIpc) is 2.68. The van der Waals surface area contributed by atoms with Crippen LogP contribution < -0.4 is 16.6 Å². The summed E-state index contributed by atoms with van der Waals surface area (Å²) in [7, 11) is 1.76. The summed E-state index contributed by atoms with van der Waals surface area (Å²) in [5.41, 5.74) is 4.24. The predicted octanol–water partition coefficient (Wildman–Crippen LogP) is 0.661. The normalized spacial score (nSPS) is 10.2. The summed E-state index contributed by atoms with van der Waals surface area (Å²) >= 11 is 0. The second kappa shape index (κ2) is 4.84. The number of rotatable bonds is 3. The summed E-state index contributed by atoms with van der Waals surface area (Å²) in [5, 5.41) is 6.87.